The number of carbonyl (C=O) groups is 1. The summed E-state index contributed by atoms with van der Waals surface area (Å²) in [5.41, 5.74) is 2.61. The van der Waals surface area contributed by atoms with Crippen molar-refractivity contribution in [2.45, 2.75) is 26.3 Å². The Bertz CT molecular complexity index is 870. The molecule has 3 heterocycles. The number of hydrogen-bond acceptors (Lipinski definition) is 5. The lowest BCUT2D eigenvalue weighted by molar-refractivity contribution is 0.0940. The Hall–Kier alpha value is -1.96. The van der Waals surface area contributed by atoms with Crippen LogP contribution in [-0.2, 0) is 16.9 Å². The molecule has 2 aromatic heterocycles. The summed E-state index contributed by atoms with van der Waals surface area (Å²) in [5, 5.41) is 7.93. The van der Waals surface area contributed by atoms with Gasteiger partial charge in [0.15, 0.2) is 15.5 Å². The van der Waals surface area contributed by atoms with Gasteiger partial charge in [-0.15, -0.1) is 0 Å². The van der Waals surface area contributed by atoms with E-state index in [2.05, 4.69) is 15.4 Å². The van der Waals surface area contributed by atoms with Crippen LogP contribution in [0.25, 0.3) is 11.0 Å². The number of fused-ring (bicyclic) bond motifs is 1. The second-order valence-corrected chi connectivity index (χ2v) is 8.00. The van der Waals surface area contributed by atoms with Crippen LogP contribution in [0.15, 0.2) is 6.07 Å². The molecule has 0 aliphatic carbocycles. The Kier molecular flexibility index (Phi) is 3.43. The minimum absolute atomic E-state index is 0.0133. The standard InChI is InChI=1S/C14H18N4O3S/c1-8-12(6-11-9(2)17-18(3)13(11)15-8)14(19)16-10-4-5-22(20,21)7-10/h6,10H,4-5,7H2,1-3H3,(H,16,19)/t10-/m1/s1. The van der Waals surface area contributed by atoms with Crippen LogP contribution in [0.2, 0.25) is 0 Å². The number of hydrogen-bond donors (Lipinski definition) is 1. The third kappa shape index (κ3) is 2.58. The molecule has 0 spiro atoms. The largest absolute Gasteiger partial charge is 0.348 e. The van der Waals surface area contributed by atoms with Gasteiger partial charge in [0.25, 0.3) is 5.91 Å². The minimum Gasteiger partial charge on any atom is -0.348 e. The number of sulfone groups is 1. The van der Waals surface area contributed by atoms with E-state index in [1.165, 1.54) is 0 Å². The van der Waals surface area contributed by atoms with Crippen molar-refractivity contribution >= 4 is 26.8 Å². The summed E-state index contributed by atoms with van der Waals surface area (Å²) >= 11 is 0. The van der Waals surface area contributed by atoms with Crippen molar-refractivity contribution in [2.24, 2.45) is 7.05 Å². The Morgan fingerprint density at radius 1 is 1.36 bits per heavy atom. The molecule has 118 valence electrons. The van der Waals surface area contributed by atoms with Crippen LogP contribution >= 0.6 is 0 Å². The first-order chi connectivity index (χ1) is 10.3. The van der Waals surface area contributed by atoms with Gasteiger partial charge in [-0.05, 0) is 26.3 Å². The molecule has 2 aromatic rings. The van der Waals surface area contributed by atoms with Crippen molar-refractivity contribution in [1.82, 2.24) is 20.1 Å². The van der Waals surface area contributed by atoms with E-state index in [1.54, 1.807) is 17.7 Å². The Morgan fingerprint density at radius 2 is 2.09 bits per heavy atom. The van der Waals surface area contributed by atoms with E-state index in [4.69, 9.17) is 0 Å². The Balaban J connectivity index is 1.91. The molecule has 8 heteroatoms. The van der Waals surface area contributed by atoms with Gasteiger partial charge < -0.3 is 5.32 Å². The molecule has 1 N–H and O–H groups in total. The number of nitrogens with one attached hydrogen (secondary N) is 1. The number of aryl methyl sites for hydroxylation is 3. The van der Waals surface area contributed by atoms with Crippen LogP contribution in [0, 0.1) is 13.8 Å². The normalized spacial score (nSPS) is 20.4. The quantitative estimate of drug-likeness (QED) is 0.869. The highest BCUT2D eigenvalue weighted by molar-refractivity contribution is 7.91. The maximum Gasteiger partial charge on any atom is 0.253 e. The molecule has 0 saturated carbocycles. The molecular formula is C14H18N4O3S. The van der Waals surface area contributed by atoms with Gasteiger partial charge in [-0.2, -0.15) is 5.10 Å². The number of pyridine rings is 1. The predicted octanol–water partition coefficient (Wildman–Crippen LogP) is 0.502. The predicted molar refractivity (Wildman–Crippen MR) is 82.5 cm³/mol. The van der Waals surface area contributed by atoms with Gasteiger partial charge in [0.05, 0.1) is 28.5 Å². The molecule has 22 heavy (non-hydrogen) atoms. The summed E-state index contributed by atoms with van der Waals surface area (Å²) in [7, 11) is -1.20. The third-order valence-electron chi connectivity index (χ3n) is 4.00. The first-order valence-corrected chi connectivity index (χ1v) is 8.91. The second-order valence-electron chi connectivity index (χ2n) is 5.77. The van der Waals surface area contributed by atoms with Crippen molar-refractivity contribution in [3.63, 3.8) is 0 Å². The highest BCUT2D eigenvalue weighted by Crippen LogP contribution is 2.20. The number of rotatable bonds is 2. The summed E-state index contributed by atoms with van der Waals surface area (Å²) in [4.78, 5) is 16.9. The molecule has 0 bridgehead atoms. The summed E-state index contributed by atoms with van der Waals surface area (Å²) in [5.74, 6) is -0.132. The van der Waals surface area contributed by atoms with Gasteiger partial charge in [-0.1, -0.05) is 0 Å². The summed E-state index contributed by atoms with van der Waals surface area (Å²) in [6.07, 6.45) is 0.467. The fraction of sp³-hybridized carbons (Fsp3) is 0.500. The van der Waals surface area contributed by atoms with Crippen LogP contribution in [0.1, 0.15) is 28.2 Å². The van der Waals surface area contributed by atoms with E-state index >= 15 is 0 Å². The zero-order valence-electron chi connectivity index (χ0n) is 12.8. The van der Waals surface area contributed by atoms with E-state index in [0.29, 0.717) is 17.7 Å². The van der Waals surface area contributed by atoms with Gasteiger partial charge in [0.1, 0.15) is 0 Å². The Morgan fingerprint density at radius 3 is 2.73 bits per heavy atom. The molecule has 0 radical (unpaired) electrons. The van der Waals surface area contributed by atoms with Crippen LogP contribution in [0.4, 0.5) is 0 Å². The third-order valence-corrected chi connectivity index (χ3v) is 5.77. The lowest BCUT2D eigenvalue weighted by atomic mass is 10.1. The molecule has 7 nitrogen and oxygen atoms in total. The van der Waals surface area contributed by atoms with E-state index in [-0.39, 0.29) is 23.5 Å². The summed E-state index contributed by atoms with van der Waals surface area (Å²) in [6, 6.07) is 1.46. The van der Waals surface area contributed by atoms with Crippen LogP contribution in [0.3, 0.4) is 0 Å². The van der Waals surface area contributed by atoms with Gasteiger partial charge >= 0.3 is 0 Å². The van der Waals surface area contributed by atoms with Crippen LogP contribution < -0.4 is 5.32 Å². The number of amides is 1. The van der Waals surface area contributed by atoms with Crippen molar-refractivity contribution in [3.05, 3.63) is 23.0 Å². The molecule has 1 aliphatic rings. The fourth-order valence-corrected chi connectivity index (χ4v) is 4.51. The average Bonchev–Trinajstić information content (AvgIpc) is 2.89. The Labute approximate surface area is 128 Å². The lowest BCUT2D eigenvalue weighted by Crippen LogP contribution is -2.36. The van der Waals surface area contributed by atoms with E-state index < -0.39 is 9.84 Å². The van der Waals surface area contributed by atoms with Crippen molar-refractivity contribution < 1.29 is 13.2 Å². The molecule has 0 aromatic carbocycles. The minimum atomic E-state index is -3.02. The smallest absolute Gasteiger partial charge is 0.253 e. The van der Waals surface area contributed by atoms with Gasteiger partial charge in [-0.3, -0.25) is 9.48 Å². The van der Waals surface area contributed by atoms with Crippen molar-refractivity contribution in [1.29, 1.82) is 0 Å². The van der Waals surface area contributed by atoms with Gasteiger partial charge in [0, 0.05) is 18.5 Å². The van der Waals surface area contributed by atoms with Crippen LogP contribution in [-0.4, -0.2) is 46.6 Å². The zero-order chi connectivity index (χ0) is 16.1. The van der Waals surface area contributed by atoms with E-state index in [0.717, 1.165) is 16.7 Å². The SMILES string of the molecule is Cc1nc2c(cc1C(=O)N[C@@H]1CCS(=O)(=O)C1)c(C)nn2C. The highest BCUT2D eigenvalue weighted by Gasteiger charge is 2.29. The van der Waals surface area contributed by atoms with Crippen molar-refractivity contribution in [3.8, 4) is 0 Å². The number of carbonyl (C=O) groups excluding carboxylic acids is 1. The number of nitrogens with zero attached hydrogens (tertiary/aromatic N) is 3. The molecule has 3 rings (SSSR count). The molecule has 1 atom stereocenters. The molecule has 1 saturated heterocycles. The summed E-state index contributed by atoms with van der Waals surface area (Å²) in [6.45, 7) is 3.63. The lowest BCUT2D eigenvalue weighted by Gasteiger charge is -2.12. The topological polar surface area (TPSA) is 93.9 Å². The van der Waals surface area contributed by atoms with Gasteiger partial charge in [-0.25, -0.2) is 13.4 Å². The molecule has 1 aliphatic heterocycles. The number of aromatic nitrogens is 3. The van der Waals surface area contributed by atoms with Crippen molar-refractivity contribution in [2.75, 3.05) is 11.5 Å². The maximum atomic E-state index is 12.4. The first kappa shape index (κ1) is 15.0. The highest BCUT2D eigenvalue weighted by atomic mass is 32.2. The maximum absolute atomic E-state index is 12.4. The molecular weight excluding hydrogens is 304 g/mol. The van der Waals surface area contributed by atoms with Gasteiger partial charge in [0.2, 0.25) is 0 Å². The molecule has 1 amide bonds. The zero-order valence-corrected chi connectivity index (χ0v) is 13.6. The van der Waals surface area contributed by atoms with E-state index in [1.807, 2.05) is 14.0 Å². The van der Waals surface area contributed by atoms with E-state index in [9.17, 15) is 13.2 Å². The average molecular weight is 322 g/mol. The fourth-order valence-electron chi connectivity index (χ4n) is 2.83. The van der Waals surface area contributed by atoms with Crippen LogP contribution in [0.5, 0.6) is 0 Å². The molecule has 1 fully saturated rings. The summed E-state index contributed by atoms with van der Waals surface area (Å²) < 4.78 is 24.6. The monoisotopic (exact) mass is 322 g/mol. The first-order valence-electron chi connectivity index (χ1n) is 7.09. The second kappa shape index (κ2) is 5.05. The molecule has 0 unspecified atom stereocenters.